The number of amides is 2. The van der Waals surface area contributed by atoms with Crippen LogP contribution in [0, 0.1) is 11.3 Å². The van der Waals surface area contributed by atoms with Gasteiger partial charge in [0, 0.05) is 12.2 Å². The number of nitrogens with one attached hydrogen (secondary N) is 2. The van der Waals surface area contributed by atoms with Crippen molar-refractivity contribution in [2.75, 3.05) is 11.9 Å². The number of hydrogen-bond donors (Lipinski definition) is 3. The molecule has 0 atom stereocenters. The number of benzene rings is 2. The quantitative estimate of drug-likeness (QED) is 0.655. The van der Waals surface area contributed by atoms with Gasteiger partial charge in [-0.1, -0.05) is 18.2 Å². The maximum absolute atomic E-state index is 11.8. The number of anilines is 1. The van der Waals surface area contributed by atoms with Crippen LogP contribution in [-0.2, 0) is 26.0 Å². The predicted molar refractivity (Wildman–Crippen MR) is 94.3 cm³/mol. The van der Waals surface area contributed by atoms with Gasteiger partial charge in [0.1, 0.15) is 0 Å². The second-order valence-electron chi connectivity index (χ2n) is 5.34. The maximum atomic E-state index is 11.8. The Morgan fingerprint density at radius 1 is 1.08 bits per heavy atom. The SMILES string of the molecule is N#Cc1cccc(NC(=O)C(=O)NCCc2ccc(S(N)(=O)=O)cc2)c1. The van der Waals surface area contributed by atoms with E-state index in [9.17, 15) is 18.0 Å². The first kappa shape index (κ1) is 19.1. The van der Waals surface area contributed by atoms with Gasteiger partial charge in [0.05, 0.1) is 16.5 Å². The molecule has 0 aliphatic heterocycles. The zero-order chi connectivity index (χ0) is 19.2. The van der Waals surface area contributed by atoms with E-state index in [2.05, 4.69) is 10.6 Å². The zero-order valence-corrected chi connectivity index (χ0v) is 14.4. The minimum Gasteiger partial charge on any atom is -0.347 e. The van der Waals surface area contributed by atoms with Crippen molar-refractivity contribution in [2.45, 2.75) is 11.3 Å². The lowest BCUT2D eigenvalue weighted by Crippen LogP contribution is -2.36. The molecule has 0 radical (unpaired) electrons. The van der Waals surface area contributed by atoms with Crippen LogP contribution < -0.4 is 15.8 Å². The highest BCUT2D eigenvalue weighted by Crippen LogP contribution is 2.10. The summed E-state index contributed by atoms with van der Waals surface area (Å²) in [5, 5.41) is 18.7. The first-order valence-electron chi connectivity index (χ1n) is 7.50. The van der Waals surface area contributed by atoms with Crippen LogP contribution in [0.2, 0.25) is 0 Å². The Kier molecular flexibility index (Phi) is 6.06. The number of carbonyl (C=O) groups excluding carboxylic acids is 2. The molecule has 2 aromatic carbocycles. The minimum atomic E-state index is -3.74. The average molecular weight is 372 g/mol. The molecule has 4 N–H and O–H groups in total. The largest absolute Gasteiger partial charge is 0.347 e. The Hall–Kier alpha value is -3.22. The third-order valence-electron chi connectivity index (χ3n) is 3.41. The highest BCUT2D eigenvalue weighted by Gasteiger charge is 2.13. The molecular formula is C17H16N4O4S. The van der Waals surface area contributed by atoms with Gasteiger partial charge in [-0.05, 0) is 42.3 Å². The van der Waals surface area contributed by atoms with Crippen molar-refractivity contribution in [3.8, 4) is 6.07 Å². The first-order chi connectivity index (χ1) is 12.3. The van der Waals surface area contributed by atoms with Gasteiger partial charge < -0.3 is 10.6 Å². The second kappa shape index (κ2) is 8.24. The Bertz CT molecular complexity index is 963. The highest BCUT2D eigenvalue weighted by atomic mass is 32.2. The van der Waals surface area contributed by atoms with E-state index >= 15 is 0 Å². The van der Waals surface area contributed by atoms with Gasteiger partial charge in [-0.3, -0.25) is 9.59 Å². The molecule has 0 aliphatic rings. The number of hydrogen-bond acceptors (Lipinski definition) is 5. The molecule has 0 unspecified atom stereocenters. The molecule has 0 saturated carbocycles. The Morgan fingerprint density at radius 3 is 2.38 bits per heavy atom. The second-order valence-corrected chi connectivity index (χ2v) is 6.90. The van der Waals surface area contributed by atoms with Gasteiger partial charge in [-0.25, -0.2) is 13.6 Å². The molecular weight excluding hydrogens is 356 g/mol. The number of carbonyl (C=O) groups is 2. The van der Waals surface area contributed by atoms with E-state index in [1.54, 1.807) is 30.3 Å². The lowest BCUT2D eigenvalue weighted by atomic mass is 10.1. The van der Waals surface area contributed by atoms with Gasteiger partial charge in [0.2, 0.25) is 10.0 Å². The molecule has 134 valence electrons. The van der Waals surface area contributed by atoms with Gasteiger partial charge in [0.25, 0.3) is 0 Å². The standard InChI is InChI=1S/C17H16N4O4S/c18-11-13-2-1-3-14(10-13)21-17(23)16(22)20-9-8-12-4-6-15(7-5-12)26(19,24)25/h1-7,10H,8-9H2,(H,20,22)(H,21,23)(H2,19,24,25). The van der Waals surface area contributed by atoms with Crippen LogP contribution in [0.4, 0.5) is 5.69 Å². The van der Waals surface area contributed by atoms with Crippen LogP contribution in [0.25, 0.3) is 0 Å². The normalized spacial score (nSPS) is 10.6. The first-order valence-corrected chi connectivity index (χ1v) is 9.05. The van der Waals surface area contributed by atoms with E-state index in [1.165, 1.54) is 18.2 Å². The molecule has 0 fully saturated rings. The van der Waals surface area contributed by atoms with Gasteiger partial charge >= 0.3 is 11.8 Å². The molecule has 0 aromatic heterocycles. The van der Waals surface area contributed by atoms with Crippen LogP contribution in [0.15, 0.2) is 53.4 Å². The summed E-state index contributed by atoms with van der Waals surface area (Å²) in [5.74, 6) is -1.65. The smallest absolute Gasteiger partial charge is 0.313 e. The molecule has 9 heteroatoms. The third kappa shape index (κ3) is 5.41. The van der Waals surface area contributed by atoms with E-state index < -0.39 is 21.8 Å². The number of rotatable bonds is 5. The molecule has 0 heterocycles. The van der Waals surface area contributed by atoms with Crippen molar-refractivity contribution in [1.82, 2.24) is 5.32 Å². The van der Waals surface area contributed by atoms with Gasteiger partial charge in [0.15, 0.2) is 0 Å². The number of sulfonamides is 1. The van der Waals surface area contributed by atoms with E-state index in [0.29, 0.717) is 17.7 Å². The summed E-state index contributed by atoms with van der Waals surface area (Å²) in [6.45, 7) is 0.194. The highest BCUT2D eigenvalue weighted by molar-refractivity contribution is 7.89. The maximum Gasteiger partial charge on any atom is 0.313 e. The Balaban J connectivity index is 1.84. The molecule has 0 spiro atoms. The van der Waals surface area contributed by atoms with E-state index in [1.807, 2.05) is 6.07 Å². The number of primary sulfonamides is 1. The molecule has 0 bridgehead atoms. The van der Waals surface area contributed by atoms with E-state index in [0.717, 1.165) is 5.56 Å². The summed E-state index contributed by atoms with van der Waals surface area (Å²) in [6, 6.07) is 14.1. The van der Waals surface area contributed by atoms with Crippen molar-refractivity contribution in [2.24, 2.45) is 5.14 Å². The molecule has 2 amide bonds. The molecule has 0 saturated heterocycles. The van der Waals surface area contributed by atoms with Crippen molar-refractivity contribution in [1.29, 1.82) is 5.26 Å². The number of nitrogens with two attached hydrogens (primary N) is 1. The van der Waals surface area contributed by atoms with Crippen LogP contribution in [0.5, 0.6) is 0 Å². The number of nitriles is 1. The summed E-state index contributed by atoms with van der Waals surface area (Å²) in [7, 11) is -3.74. The monoisotopic (exact) mass is 372 g/mol. The Morgan fingerprint density at radius 2 is 1.77 bits per heavy atom. The molecule has 8 nitrogen and oxygen atoms in total. The van der Waals surface area contributed by atoms with Crippen molar-refractivity contribution in [3.05, 3.63) is 59.7 Å². The lowest BCUT2D eigenvalue weighted by Gasteiger charge is -2.07. The molecule has 26 heavy (non-hydrogen) atoms. The third-order valence-corrected chi connectivity index (χ3v) is 4.34. The fourth-order valence-corrected chi connectivity index (χ4v) is 2.62. The fourth-order valence-electron chi connectivity index (χ4n) is 2.10. The van der Waals surface area contributed by atoms with Crippen LogP contribution in [0.3, 0.4) is 0 Å². The molecule has 2 aromatic rings. The van der Waals surface area contributed by atoms with Crippen molar-refractivity contribution >= 4 is 27.5 Å². The molecule has 0 aliphatic carbocycles. The lowest BCUT2D eigenvalue weighted by molar-refractivity contribution is -0.136. The fraction of sp³-hybridized carbons (Fsp3) is 0.118. The zero-order valence-electron chi connectivity index (χ0n) is 13.6. The topological polar surface area (TPSA) is 142 Å². The van der Waals surface area contributed by atoms with E-state index in [4.69, 9.17) is 10.4 Å². The van der Waals surface area contributed by atoms with E-state index in [-0.39, 0.29) is 11.4 Å². The summed E-state index contributed by atoms with van der Waals surface area (Å²) < 4.78 is 22.3. The summed E-state index contributed by atoms with van der Waals surface area (Å²) in [4.78, 5) is 23.6. The number of nitrogens with zero attached hydrogens (tertiary/aromatic N) is 1. The average Bonchev–Trinajstić information content (AvgIpc) is 2.61. The summed E-state index contributed by atoms with van der Waals surface area (Å²) in [5.41, 5.74) is 1.49. The van der Waals surface area contributed by atoms with Crippen LogP contribution in [0.1, 0.15) is 11.1 Å². The molecule has 2 rings (SSSR count). The van der Waals surface area contributed by atoms with Gasteiger partial charge in [-0.15, -0.1) is 0 Å². The summed E-state index contributed by atoms with van der Waals surface area (Å²) >= 11 is 0. The Labute approximate surface area is 150 Å². The van der Waals surface area contributed by atoms with Crippen molar-refractivity contribution < 1.29 is 18.0 Å². The summed E-state index contributed by atoms with van der Waals surface area (Å²) in [6.07, 6.45) is 0.411. The van der Waals surface area contributed by atoms with Gasteiger partial charge in [-0.2, -0.15) is 5.26 Å². The minimum absolute atomic E-state index is 0.00395. The predicted octanol–water partition coefficient (Wildman–Crippen LogP) is 0.503. The van der Waals surface area contributed by atoms with Crippen LogP contribution >= 0.6 is 0 Å². The van der Waals surface area contributed by atoms with Crippen molar-refractivity contribution in [3.63, 3.8) is 0 Å². The van der Waals surface area contributed by atoms with Crippen LogP contribution in [-0.4, -0.2) is 26.8 Å².